The zero-order valence-electron chi connectivity index (χ0n) is 18.4. The Morgan fingerprint density at radius 3 is 2.74 bits per heavy atom. The monoisotopic (exact) mass is 440 g/mol. The minimum absolute atomic E-state index is 0.212. The molecule has 1 atom stereocenters. The van der Waals surface area contributed by atoms with Gasteiger partial charge in [-0.3, -0.25) is 9.59 Å². The first-order valence-electron chi connectivity index (χ1n) is 10.5. The van der Waals surface area contributed by atoms with Crippen LogP contribution in [0.15, 0.2) is 18.2 Å². The van der Waals surface area contributed by atoms with E-state index in [9.17, 15) is 14.9 Å². The van der Waals surface area contributed by atoms with Gasteiger partial charge in [-0.05, 0) is 61.3 Å². The fraction of sp³-hybridized carbons (Fsp3) is 0.458. The Kier molecular flexibility index (Phi) is 7.01. The lowest BCUT2D eigenvalue weighted by molar-refractivity contribution is -0.118. The number of rotatable bonds is 7. The van der Waals surface area contributed by atoms with Crippen molar-refractivity contribution in [2.24, 2.45) is 11.3 Å². The zero-order valence-corrected chi connectivity index (χ0v) is 19.2. The number of fused-ring (bicyclic) bond motifs is 1. The van der Waals surface area contributed by atoms with Crippen molar-refractivity contribution in [2.75, 3.05) is 18.5 Å². The van der Waals surface area contributed by atoms with Crippen LogP contribution in [0.5, 0.6) is 11.5 Å². The predicted molar refractivity (Wildman–Crippen MR) is 121 cm³/mol. The number of ether oxygens (including phenoxy) is 2. The second-order valence-corrected chi connectivity index (χ2v) is 9.82. The number of nitrogens with one attached hydrogen (secondary N) is 1. The maximum Gasteiger partial charge on any atom is 0.262 e. The first-order valence-corrected chi connectivity index (χ1v) is 11.3. The summed E-state index contributed by atoms with van der Waals surface area (Å²) in [4.78, 5) is 24.7. The minimum Gasteiger partial charge on any atom is -0.490 e. The van der Waals surface area contributed by atoms with Crippen LogP contribution in [0.1, 0.15) is 60.5 Å². The van der Waals surface area contributed by atoms with Crippen LogP contribution in [-0.4, -0.2) is 25.4 Å². The van der Waals surface area contributed by atoms with Crippen LogP contribution >= 0.6 is 11.3 Å². The summed E-state index contributed by atoms with van der Waals surface area (Å²) in [5.41, 5.74) is 2.33. The molecular weight excluding hydrogens is 412 g/mol. The number of hydrogen-bond acceptors (Lipinski definition) is 6. The van der Waals surface area contributed by atoms with Gasteiger partial charge in [0.1, 0.15) is 17.4 Å². The summed E-state index contributed by atoms with van der Waals surface area (Å²) in [6, 6.07) is 7.07. The molecule has 164 valence electrons. The number of anilines is 1. The van der Waals surface area contributed by atoms with E-state index in [-0.39, 0.29) is 17.9 Å². The summed E-state index contributed by atoms with van der Waals surface area (Å²) < 4.78 is 11.1. The van der Waals surface area contributed by atoms with E-state index in [0.29, 0.717) is 40.2 Å². The number of nitrogens with zero attached hydrogens (tertiary/aromatic N) is 1. The maximum absolute atomic E-state index is 12.5. The van der Waals surface area contributed by atoms with E-state index in [1.54, 1.807) is 18.2 Å². The third kappa shape index (κ3) is 5.26. The van der Waals surface area contributed by atoms with E-state index in [0.717, 1.165) is 31.1 Å². The summed E-state index contributed by atoms with van der Waals surface area (Å²) >= 11 is 1.50. The Bertz CT molecular complexity index is 1010. The van der Waals surface area contributed by atoms with Crippen molar-refractivity contribution >= 4 is 28.5 Å². The van der Waals surface area contributed by atoms with Crippen molar-refractivity contribution in [3.63, 3.8) is 0 Å². The highest BCUT2D eigenvalue weighted by atomic mass is 32.1. The summed E-state index contributed by atoms with van der Waals surface area (Å²) in [7, 11) is 0. The number of aldehydes is 1. The highest BCUT2D eigenvalue weighted by Crippen LogP contribution is 2.44. The van der Waals surface area contributed by atoms with Crippen molar-refractivity contribution < 1.29 is 19.1 Å². The standard InChI is InChI=1S/C24H28N2O4S/c1-5-29-20-10-15(13-27)6-9-19(20)30-14-22(28)26-23-18(12-25)17-8-7-16(24(2,3)4)11-21(17)31-23/h6,9-10,13,16H,5,7-8,11,14H2,1-4H3,(H,26,28)/t16-/m1/s1. The second kappa shape index (κ2) is 9.52. The number of amides is 1. The molecule has 1 amide bonds. The molecule has 0 saturated carbocycles. The van der Waals surface area contributed by atoms with E-state index in [4.69, 9.17) is 9.47 Å². The molecule has 3 rings (SSSR count). The number of carbonyl (C=O) groups is 2. The quantitative estimate of drug-likeness (QED) is 0.612. The lowest BCUT2D eigenvalue weighted by atomic mass is 9.72. The van der Waals surface area contributed by atoms with Crippen LogP contribution in [0.3, 0.4) is 0 Å². The topological polar surface area (TPSA) is 88.4 Å². The van der Waals surface area contributed by atoms with E-state index in [1.165, 1.54) is 16.2 Å². The summed E-state index contributed by atoms with van der Waals surface area (Å²) in [5, 5.41) is 13.1. The molecule has 6 nitrogen and oxygen atoms in total. The molecule has 1 aliphatic carbocycles. The largest absolute Gasteiger partial charge is 0.490 e. The Balaban J connectivity index is 1.70. The molecule has 31 heavy (non-hydrogen) atoms. The van der Waals surface area contributed by atoms with Gasteiger partial charge in [0, 0.05) is 10.4 Å². The number of hydrogen-bond donors (Lipinski definition) is 1. The first-order chi connectivity index (χ1) is 14.8. The van der Waals surface area contributed by atoms with Gasteiger partial charge in [0.05, 0.1) is 12.2 Å². The van der Waals surface area contributed by atoms with Crippen molar-refractivity contribution in [1.29, 1.82) is 5.26 Å². The lowest BCUT2D eigenvalue weighted by Crippen LogP contribution is -2.26. The molecule has 0 saturated heterocycles. The van der Waals surface area contributed by atoms with Crippen molar-refractivity contribution in [3.05, 3.63) is 39.8 Å². The molecule has 0 fully saturated rings. The third-order valence-electron chi connectivity index (χ3n) is 5.62. The van der Waals surface area contributed by atoms with Crippen LogP contribution in [0, 0.1) is 22.7 Å². The van der Waals surface area contributed by atoms with Gasteiger partial charge in [0.2, 0.25) is 0 Å². The average Bonchev–Trinajstić information content (AvgIpc) is 3.08. The van der Waals surface area contributed by atoms with Crippen LogP contribution in [0.2, 0.25) is 0 Å². The Labute approximate surface area is 187 Å². The molecular formula is C24H28N2O4S. The Morgan fingerprint density at radius 1 is 1.32 bits per heavy atom. The van der Waals surface area contributed by atoms with Crippen molar-refractivity contribution in [2.45, 2.75) is 47.0 Å². The molecule has 0 bridgehead atoms. The highest BCUT2D eigenvalue weighted by molar-refractivity contribution is 7.16. The van der Waals surface area contributed by atoms with Gasteiger partial charge in [0.25, 0.3) is 5.91 Å². The molecule has 1 N–H and O–H groups in total. The van der Waals surface area contributed by atoms with Crippen LogP contribution in [-0.2, 0) is 17.6 Å². The number of benzene rings is 1. The predicted octanol–water partition coefficient (Wildman–Crippen LogP) is 5.00. The Morgan fingerprint density at radius 2 is 2.10 bits per heavy atom. The number of carbonyl (C=O) groups excluding carboxylic acids is 2. The highest BCUT2D eigenvalue weighted by Gasteiger charge is 2.32. The zero-order chi connectivity index (χ0) is 22.6. The van der Waals surface area contributed by atoms with Gasteiger partial charge in [-0.15, -0.1) is 11.3 Å². The second-order valence-electron chi connectivity index (χ2n) is 8.72. The van der Waals surface area contributed by atoms with Crippen molar-refractivity contribution in [3.8, 4) is 17.6 Å². The summed E-state index contributed by atoms with van der Waals surface area (Å²) in [6.45, 7) is 8.76. The fourth-order valence-electron chi connectivity index (χ4n) is 3.82. The molecule has 0 radical (unpaired) electrons. The molecule has 0 spiro atoms. The van der Waals surface area contributed by atoms with Crippen LogP contribution in [0.25, 0.3) is 0 Å². The normalized spacial score (nSPS) is 15.5. The summed E-state index contributed by atoms with van der Waals surface area (Å²) in [5.74, 6) is 1.02. The van der Waals surface area contributed by atoms with E-state index < -0.39 is 0 Å². The van der Waals surface area contributed by atoms with Gasteiger partial charge < -0.3 is 14.8 Å². The SMILES string of the molecule is CCOc1cc(C=O)ccc1OCC(=O)Nc1sc2c(c1C#N)CC[C@@H](C(C)(C)C)C2. The van der Waals surface area contributed by atoms with Crippen molar-refractivity contribution in [1.82, 2.24) is 0 Å². The molecule has 1 aliphatic rings. The van der Waals surface area contributed by atoms with Crippen LogP contribution < -0.4 is 14.8 Å². The Hall–Kier alpha value is -2.85. The van der Waals surface area contributed by atoms with E-state index in [2.05, 4.69) is 32.2 Å². The van der Waals surface area contributed by atoms with Gasteiger partial charge in [-0.1, -0.05) is 20.8 Å². The fourth-order valence-corrected chi connectivity index (χ4v) is 5.12. The van der Waals surface area contributed by atoms with Gasteiger partial charge >= 0.3 is 0 Å². The van der Waals surface area contributed by atoms with Crippen LogP contribution in [0.4, 0.5) is 5.00 Å². The first kappa shape index (κ1) is 22.8. The average molecular weight is 441 g/mol. The number of nitriles is 1. The molecule has 7 heteroatoms. The maximum atomic E-state index is 12.5. The van der Waals surface area contributed by atoms with Gasteiger partial charge in [-0.25, -0.2) is 0 Å². The van der Waals surface area contributed by atoms with Gasteiger partial charge in [0.15, 0.2) is 18.1 Å². The molecule has 1 aromatic carbocycles. The molecule has 1 aromatic heterocycles. The van der Waals surface area contributed by atoms with E-state index in [1.807, 2.05) is 6.92 Å². The lowest BCUT2D eigenvalue weighted by Gasteiger charge is -2.33. The van der Waals surface area contributed by atoms with E-state index >= 15 is 0 Å². The number of thiophene rings is 1. The van der Waals surface area contributed by atoms with Gasteiger partial charge in [-0.2, -0.15) is 5.26 Å². The third-order valence-corrected chi connectivity index (χ3v) is 6.79. The molecule has 2 aromatic rings. The molecule has 0 aliphatic heterocycles. The smallest absolute Gasteiger partial charge is 0.262 e. The summed E-state index contributed by atoms with van der Waals surface area (Å²) in [6.07, 6.45) is 3.58. The minimum atomic E-state index is -0.343. The molecule has 1 heterocycles. The molecule has 0 unspecified atom stereocenters.